The number of likely N-dealkylation sites (tertiary alicyclic amines) is 1. The normalized spacial score (nSPS) is 21.1. The zero-order chi connectivity index (χ0) is 27.9. The topological polar surface area (TPSA) is 145 Å². The molecule has 0 spiro atoms. The van der Waals surface area contributed by atoms with E-state index in [1.54, 1.807) is 23.9 Å². The van der Waals surface area contributed by atoms with Crippen molar-refractivity contribution in [1.82, 2.24) is 25.3 Å². The number of nitrogens with two attached hydrogens (primary N) is 1. The maximum Gasteiger partial charge on any atom is 0.246 e. The minimum absolute atomic E-state index is 0.0983. The molecule has 5 amide bonds. The van der Waals surface area contributed by atoms with Crippen LogP contribution in [0.5, 0.6) is 0 Å². The van der Waals surface area contributed by atoms with Crippen molar-refractivity contribution in [3.8, 4) is 0 Å². The molecular weight excluding hydrogens is 476 g/mol. The van der Waals surface area contributed by atoms with E-state index in [2.05, 4.69) is 10.6 Å². The average molecular weight is 523 g/mol. The number of carbonyl (C=O) groups excluding carboxylic acids is 5. The molecule has 2 fully saturated rings. The van der Waals surface area contributed by atoms with E-state index >= 15 is 0 Å². The molecule has 2 saturated heterocycles. The number of carbonyl (C=O) groups is 5. The summed E-state index contributed by atoms with van der Waals surface area (Å²) in [5, 5.41) is 5.71. The SMILES string of the molecule is CC(C)C[C@@H](C(=O)N1CCC[C@H]1C(=O)N(C)[C@@H](CC(C)C)C(=O)NCC(N)=O)N(C)C(=O)[C@@H]1CCCN1. The molecular formula is C26H46N6O5. The maximum atomic E-state index is 13.8. The molecule has 11 nitrogen and oxygen atoms in total. The van der Waals surface area contributed by atoms with Gasteiger partial charge in [-0.15, -0.1) is 0 Å². The lowest BCUT2D eigenvalue weighted by molar-refractivity contribution is -0.152. The summed E-state index contributed by atoms with van der Waals surface area (Å²) in [6.45, 7) is 8.80. The van der Waals surface area contributed by atoms with E-state index in [9.17, 15) is 24.0 Å². The average Bonchev–Trinajstić information content (AvgIpc) is 3.54. The Hall–Kier alpha value is -2.69. The van der Waals surface area contributed by atoms with E-state index in [4.69, 9.17) is 5.73 Å². The number of hydrogen-bond acceptors (Lipinski definition) is 6. The number of likely N-dealkylation sites (N-methyl/N-ethyl adjacent to an activating group) is 2. The van der Waals surface area contributed by atoms with E-state index in [1.165, 1.54) is 4.90 Å². The van der Waals surface area contributed by atoms with Gasteiger partial charge in [0.05, 0.1) is 12.6 Å². The van der Waals surface area contributed by atoms with Gasteiger partial charge in [-0.05, 0) is 56.9 Å². The highest BCUT2D eigenvalue weighted by Gasteiger charge is 2.43. The molecule has 4 N–H and O–H groups in total. The van der Waals surface area contributed by atoms with Crippen molar-refractivity contribution in [2.24, 2.45) is 17.6 Å². The fourth-order valence-corrected chi connectivity index (χ4v) is 5.21. The number of nitrogens with zero attached hydrogens (tertiary/aromatic N) is 3. The number of nitrogens with one attached hydrogen (secondary N) is 2. The van der Waals surface area contributed by atoms with E-state index in [0.717, 1.165) is 19.4 Å². The Bertz CT molecular complexity index is 841. The number of hydrogen-bond donors (Lipinski definition) is 3. The summed E-state index contributed by atoms with van der Waals surface area (Å²) in [6, 6.07) is -2.46. The second kappa shape index (κ2) is 13.7. The van der Waals surface area contributed by atoms with E-state index in [-0.39, 0.29) is 42.1 Å². The number of amides is 5. The first-order valence-corrected chi connectivity index (χ1v) is 13.5. The largest absolute Gasteiger partial charge is 0.368 e. The summed E-state index contributed by atoms with van der Waals surface area (Å²) >= 11 is 0. The van der Waals surface area contributed by atoms with Crippen LogP contribution in [0.1, 0.15) is 66.2 Å². The zero-order valence-electron chi connectivity index (χ0n) is 23.3. The molecule has 2 rings (SSSR count). The third-order valence-electron chi connectivity index (χ3n) is 7.22. The Balaban J connectivity index is 2.23. The molecule has 2 aliphatic rings. The van der Waals surface area contributed by atoms with Crippen LogP contribution >= 0.6 is 0 Å². The summed E-state index contributed by atoms with van der Waals surface area (Å²) in [4.78, 5) is 69.2. The standard InChI is InChI=1S/C26H46N6O5/c1-16(2)13-20(23(34)29-15-22(27)33)30(5)25(36)19-10-8-12-32(19)26(37)21(14-17(3)4)31(6)24(35)18-9-7-11-28-18/h16-21,28H,7-15H2,1-6H3,(H2,27,33)(H,29,34)/t18-,19-,20-,21-/m0/s1. The molecule has 2 heterocycles. The minimum atomic E-state index is -0.798. The molecule has 0 saturated carbocycles. The lowest BCUT2D eigenvalue weighted by Gasteiger charge is -2.37. The summed E-state index contributed by atoms with van der Waals surface area (Å²) in [5.74, 6) is -1.48. The van der Waals surface area contributed by atoms with Crippen LogP contribution in [-0.2, 0) is 24.0 Å². The van der Waals surface area contributed by atoms with Gasteiger partial charge in [0.1, 0.15) is 18.1 Å². The molecule has 0 aromatic heterocycles. The van der Waals surface area contributed by atoms with Gasteiger partial charge in [-0.3, -0.25) is 24.0 Å². The molecule has 0 radical (unpaired) electrons. The third kappa shape index (κ3) is 8.15. The fraction of sp³-hybridized carbons (Fsp3) is 0.808. The van der Waals surface area contributed by atoms with Crippen LogP contribution in [0.3, 0.4) is 0 Å². The first kappa shape index (κ1) is 30.5. The predicted octanol–water partition coefficient (Wildman–Crippen LogP) is 0.0771. The number of rotatable bonds is 12. The highest BCUT2D eigenvalue weighted by molar-refractivity contribution is 5.95. The molecule has 0 aliphatic carbocycles. The Kier molecular flexibility index (Phi) is 11.3. The van der Waals surface area contributed by atoms with Gasteiger partial charge in [0.15, 0.2) is 0 Å². The monoisotopic (exact) mass is 522 g/mol. The molecule has 4 atom stereocenters. The zero-order valence-corrected chi connectivity index (χ0v) is 23.3. The van der Waals surface area contributed by atoms with Gasteiger partial charge in [0.2, 0.25) is 29.5 Å². The maximum absolute atomic E-state index is 13.8. The summed E-state index contributed by atoms with van der Waals surface area (Å²) in [5.41, 5.74) is 5.17. The van der Waals surface area contributed by atoms with Crippen molar-refractivity contribution in [1.29, 1.82) is 0 Å². The van der Waals surface area contributed by atoms with Gasteiger partial charge in [0.25, 0.3) is 0 Å². The molecule has 0 aromatic carbocycles. The van der Waals surface area contributed by atoms with Crippen molar-refractivity contribution in [2.75, 3.05) is 33.7 Å². The molecule has 0 unspecified atom stereocenters. The van der Waals surface area contributed by atoms with Gasteiger partial charge < -0.3 is 31.1 Å². The predicted molar refractivity (Wildman–Crippen MR) is 140 cm³/mol. The van der Waals surface area contributed by atoms with Gasteiger partial charge in [-0.1, -0.05) is 27.7 Å². The van der Waals surface area contributed by atoms with E-state index in [1.807, 2.05) is 27.7 Å². The van der Waals surface area contributed by atoms with Crippen LogP contribution in [0.4, 0.5) is 0 Å². The van der Waals surface area contributed by atoms with Crippen molar-refractivity contribution in [3.05, 3.63) is 0 Å². The highest BCUT2D eigenvalue weighted by atomic mass is 16.2. The second-order valence-corrected chi connectivity index (χ2v) is 11.2. The van der Waals surface area contributed by atoms with Crippen LogP contribution in [-0.4, -0.2) is 102 Å². The molecule has 210 valence electrons. The quantitative estimate of drug-likeness (QED) is 0.331. The smallest absolute Gasteiger partial charge is 0.246 e. The lowest BCUT2D eigenvalue weighted by Crippen LogP contribution is -2.58. The van der Waals surface area contributed by atoms with Crippen molar-refractivity contribution in [2.45, 2.75) is 90.4 Å². The molecule has 0 aromatic rings. The van der Waals surface area contributed by atoms with Crippen LogP contribution in [0.2, 0.25) is 0 Å². The Morgan fingerprint density at radius 1 is 0.919 bits per heavy atom. The van der Waals surface area contributed by atoms with Crippen LogP contribution < -0.4 is 16.4 Å². The van der Waals surface area contributed by atoms with Crippen LogP contribution in [0, 0.1) is 11.8 Å². The summed E-state index contributed by atoms with van der Waals surface area (Å²) < 4.78 is 0. The molecule has 0 bridgehead atoms. The van der Waals surface area contributed by atoms with Gasteiger partial charge in [-0.2, -0.15) is 0 Å². The van der Waals surface area contributed by atoms with Crippen molar-refractivity contribution in [3.63, 3.8) is 0 Å². The van der Waals surface area contributed by atoms with Crippen molar-refractivity contribution >= 4 is 29.5 Å². The Morgan fingerprint density at radius 2 is 1.51 bits per heavy atom. The fourth-order valence-electron chi connectivity index (χ4n) is 5.21. The van der Waals surface area contributed by atoms with Gasteiger partial charge in [0, 0.05) is 20.6 Å². The van der Waals surface area contributed by atoms with Gasteiger partial charge in [-0.25, -0.2) is 0 Å². The van der Waals surface area contributed by atoms with Crippen LogP contribution in [0.25, 0.3) is 0 Å². The Labute approximate surface area is 220 Å². The highest BCUT2D eigenvalue weighted by Crippen LogP contribution is 2.25. The van der Waals surface area contributed by atoms with Crippen LogP contribution in [0.15, 0.2) is 0 Å². The first-order chi connectivity index (χ1) is 17.3. The summed E-state index contributed by atoms with van der Waals surface area (Å²) in [6.07, 6.45) is 3.71. The number of primary amides is 1. The van der Waals surface area contributed by atoms with E-state index < -0.39 is 29.9 Å². The van der Waals surface area contributed by atoms with E-state index in [0.29, 0.717) is 32.2 Å². The van der Waals surface area contributed by atoms with Gasteiger partial charge >= 0.3 is 0 Å². The molecule has 2 aliphatic heterocycles. The third-order valence-corrected chi connectivity index (χ3v) is 7.22. The Morgan fingerprint density at radius 3 is 2.05 bits per heavy atom. The molecule has 11 heteroatoms. The van der Waals surface area contributed by atoms with Crippen molar-refractivity contribution < 1.29 is 24.0 Å². The minimum Gasteiger partial charge on any atom is -0.368 e. The molecule has 37 heavy (non-hydrogen) atoms. The second-order valence-electron chi connectivity index (χ2n) is 11.2. The first-order valence-electron chi connectivity index (χ1n) is 13.5. The lowest BCUT2D eigenvalue weighted by atomic mass is 9.99. The summed E-state index contributed by atoms with van der Waals surface area (Å²) in [7, 11) is 3.24.